The molecule has 1 aliphatic rings. The fourth-order valence-corrected chi connectivity index (χ4v) is 3.66. The van der Waals surface area contributed by atoms with Crippen molar-refractivity contribution >= 4 is 17.0 Å². The Hall–Kier alpha value is -1.39. The average Bonchev–Trinajstić information content (AvgIpc) is 3.09. The van der Waals surface area contributed by atoms with Gasteiger partial charge in [-0.1, -0.05) is 6.07 Å². The lowest BCUT2D eigenvalue weighted by atomic mass is 10.1. The highest BCUT2D eigenvalue weighted by atomic mass is 32.1. The van der Waals surface area contributed by atoms with Crippen LogP contribution in [0.15, 0.2) is 36.0 Å². The largest absolute Gasteiger partial charge is 0.363 e. The van der Waals surface area contributed by atoms with Gasteiger partial charge in [0.15, 0.2) is 0 Å². The van der Waals surface area contributed by atoms with Crippen LogP contribution in [0, 0.1) is 0 Å². The van der Waals surface area contributed by atoms with E-state index in [4.69, 9.17) is 0 Å². The molecule has 1 unspecified atom stereocenters. The van der Waals surface area contributed by atoms with Crippen molar-refractivity contribution in [1.82, 2.24) is 10.3 Å². The number of pyridine rings is 1. The highest BCUT2D eigenvalue weighted by Gasteiger charge is 2.27. The van der Waals surface area contributed by atoms with E-state index in [1.165, 1.54) is 16.1 Å². The summed E-state index contributed by atoms with van der Waals surface area (Å²) in [5, 5.41) is 5.45. The van der Waals surface area contributed by atoms with E-state index in [9.17, 15) is 0 Å². The maximum Gasteiger partial charge on any atom is 0.0647 e. The summed E-state index contributed by atoms with van der Waals surface area (Å²) in [6.45, 7) is 2.15. The molecular formula is C15H19N3S. The quantitative estimate of drug-likeness (QED) is 0.908. The van der Waals surface area contributed by atoms with Crippen molar-refractivity contribution in [2.45, 2.75) is 18.9 Å². The Labute approximate surface area is 118 Å². The van der Waals surface area contributed by atoms with Crippen LogP contribution < -0.4 is 10.2 Å². The maximum absolute atomic E-state index is 4.24. The molecule has 0 spiro atoms. The number of rotatable bonds is 5. The Morgan fingerprint density at radius 3 is 3.21 bits per heavy atom. The Kier molecular flexibility index (Phi) is 3.80. The molecule has 3 heterocycles. The first-order valence-electron chi connectivity index (χ1n) is 6.77. The number of thiophene rings is 1. The van der Waals surface area contributed by atoms with Crippen LogP contribution in [0.2, 0.25) is 0 Å². The smallest absolute Gasteiger partial charge is 0.0647 e. The zero-order chi connectivity index (χ0) is 13.1. The van der Waals surface area contributed by atoms with Gasteiger partial charge in [0.25, 0.3) is 0 Å². The molecule has 3 rings (SSSR count). The highest BCUT2D eigenvalue weighted by molar-refractivity contribution is 7.10. The van der Waals surface area contributed by atoms with Gasteiger partial charge in [0.2, 0.25) is 0 Å². The van der Waals surface area contributed by atoms with E-state index in [2.05, 4.69) is 38.8 Å². The second-order valence-electron chi connectivity index (χ2n) is 4.87. The van der Waals surface area contributed by atoms with E-state index >= 15 is 0 Å². The highest BCUT2D eigenvalue weighted by Crippen LogP contribution is 2.37. The lowest BCUT2D eigenvalue weighted by molar-refractivity contribution is 0.576. The molecule has 1 N–H and O–H groups in total. The van der Waals surface area contributed by atoms with Crippen molar-refractivity contribution in [2.24, 2.45) is 0 Å². The molecule has 3 nitrogen and oxygen atoms in total. The molecule has 1 atom stereocenters. The van der Waals surface area contributed by atoms with Crippen LogP contribution in [0.3, 0.4) is 0 Å². The molecule has 0 saturated heterocycles. The minimum Gasteiger partial charge on any atom is -0.363 e. The van der Waals surface area contributed by atoms with E-state index in [-0.39, 0.29) is 0 Å². The molecule has 0 radical (unpaired) electrons. The molecule has 4 heteroatoms. The average molecular weight is 273 g/mol. The summed E-state index contributed by atoms with van der Waals surface area (Å²) in [6.07, 6.45) is 6.17. The maximum atomic E-state index is 4.24. The number of nitrogens with zero attached hydrogens (tertiary/aromatic N) is 2. The van der Waals surface area contributed by atoms with Gasteiger partial charge < -0.3 is 10.2 Å². The minimum absolute atomic E-state index is 0.482. The van der Waals surface area contributed by atoms with Crippen molar-refractivity contribution in [3.63, 3.8) is 0 Å². The number of nitrogens with one attached hydrogen (secondary N) is 1. The summed E-state index contributed by atoms with van der Waals surface area (Å²) in [6, 6.07) is 7.04. The second-order valence-corrected chi connectivity index (χ2v) is 5.85. The lowest BCUT2D eigenvalue weighted by Crippen LogP contribution is -2.28. The first-order chi connectivity index (χ1) is 9.40. The Balaban J connectivity index is 1.89. The Bertz CT molecular complexity index is 524. The predicted octanol–water partition coefficient (Wildman–Crippen LogP) is 2.86. The molecule has 0 aromatic carbocycles. The fourth-order valence-electron chi connectivity index (χ4n) is 2.79. The van der Waals surface area contributed by atoms with E-state index in [0.717, 1.165) is 25.9 Å². The molecule has 0 fully saturated rings. The topological polar surface area (TPSA) is 28.2 Å². The molecule has 1 aliphatic heterocycles. The number of aromatic nitrogens is 1. The molecule has 0 amide bonds. The van der Waals surface area contributed by atoms with Crippen LogP contribution in [-0.4, -0.2) is 25.1 Å². The standard InChI is InChI=1S/C15H19N3S/c1-16-7-4-14(15-3-2-10-19-15)18-9-6-12-11-17-8-5-13(12)18/h2-3,5,8,10-11,14,16H,4,6-7,9H2,1H3. The lowest BCUT2D eigenvalue weighted by Gasteiger charge is -2.29. The van der Waals surface area contributed by atoms with Crippen molar-refractivity contribution in [1.29, 1.82) is 0 Å². The Morgan fingerprint density at radius 1 is 1.47 bits per heavy atom. The van der Waals surface area contributed by atoms with Gasteiger partial charge in [-0.15, -0.1) is 11.3 Å². The molecule has 0 aliphatic carbocycles. The van der Waals surface area contributed by atoms with E-state index in [1.807, 2.05) is 30.8 Å². The fraction of sp³-hybridized carbons (Fsp3) is 0.400. The summed E-state index contributed by atoms with van der Waals surface area (Å²) in [7, 11) is 2.02. The minimum atomic E-state index is 0.482. The first-order valence-corrected chi connectivity index (χ1v) is 7.65. The Morgan fingerprint density at radius 2 is 2.42 bits per heavy atom. The van der Waals surface area contributed by atoms with Gasteiger partial charge in [-0.05, 0) is 49.5 Å². The third-order valence-corrected chi connectivity index (χ3v) is 4.70. The van der Waals surface area contributed by atoms with Crippen LogP contribution in [0.25, 0.3) is 0 Å². The molecule has 0 bridgehead atoms. The normalized spacial score (nSPS) is 15.5. The van der Waals surface area contributed by atoms with Crippen molar-refractivity contribution in [3.8, 4) is 0 Å². The van der Waals surface area contributed by atoms with Gasteiger partial charge in [0.1, 0.15) is 0 Å². The van der Waals surface area contributed by atoms with Gasteiger partial charge in [0.05, 0.1) is 6.04 Å². The van der Waals surface area contributed by atoms with Crippen LogP contribution in [-0.2, 0) is 6.42 Å². The molecule has 19 heavy (non-hydrogen) atoms. The monoisotopic (exact) mass is 273 g/mol. The zero-order valence-electron chi connectivity index (χ0n) is 11.2. The third-order valence-electron chi connectivity index (χ3n) is 3.72. The SMILES string of the molecule is CNCCC(c1cccs1)N1CCc2cnccc21. The van der Waals surface area contributed by atoms with Crippen LogP contribution in [0.1, 0.15) is 22.9 Å². The van der Waals surface area contributed by atoms with Crippen LogP contribution in [0.4, 0.5) is 5.69 Å². The molecular weight excluding hydrogens is 254 g/mol. The summed E-state index contributed by atoms with van der Waals surface area (Å²) in [5.41, 5.74) is 2.75. The second kappa shape index (κ2) is 5.72. The summed E-state index contributed by atoms with van der Waals surface area (Å²) in [4.78, 5) is 8.24. The summed E-state index contributed by atoms with van der Waals surface area (Å²) >= 11 is 1.86. The number of fused-ring (bicyclic) bond motifs is 1. The van der Waals surface area contributed by atoms with E-state index < -0.39 is 0 Å². The summed E-state index contributed by atoms with van der Waals surface area (Å²) in [5.74, 6) is 0. The van der Waals surface area contributed by atoms with Crippen molar-refractivity contribution in [2.75, 3.05) is 25.0 Å². The third kappa shape index (κ3) is 2.51. The van der Waals surface area contributed by atoms with Gasteiger partial charge in [-0.25, -0.2) is 0 Å². The van der Waals surface area contributed by atoms with E-state index in [1.54, 1.807) is 0 Å². The van der Waals surface area contributed by atoms with Gasteiger partial charge in [0, 0.05) is 29.5 Å². The molecule has 2 aromatic rings. The van der Waals surface area contributed by atoms with E-state index in [0.29, 0.717) is 6.04 Å². The van der Waals surface area contributed by atoms with Crippen LogP contribution in [0.5, 0.6) is 0 Å². The van der Waals surface area contributed by atoms with Crippen molar-refractivity contribution in [3.05, 3.63) is 46.4 Å². The first kappa shape index (κ1) is 12.6. The summed E-state index contributed by atoms with van der Waals surface area (Å²) < 4.78 is 0. The molecule has 100 valence electrons. The van der Waals surface area contributed by atoms with Crippen molar-refractivity contribution < 1.29 is 0 Å². The van der Waals surface area contributed by atoms with Gasteiger partial charge >= 0.3 is 0 Å². The molecule has 2 aromatic heterocycles. The predicted molar refractivity (Wildman–Crippen MR) is 80.9 cm³/mol. The number of hydrogen-bond acceptors (Lipinski definition) is 4. The number of anilines is 1. The number of hydrogen-bond donors (Lipinski definition) is 1. The van der Waals surface area contributed by atoms with Gasteiger partial charge in [-0.2, -0.15) is 0 Å². The zero-order valence-corrected chi connectivity index (χ0v) is 12.0. The van der Waals surface area contributed by atoms with Gasteiger partial charge in [-0.3, -0.25) is 4.98 Å². The molecule has 0 saturated carbocycles. The van der Waals surface area contributed by atoms with Crippen LogP contribution >= 0.6 is 11.3 Å².